The Kier molecular flexibility index (Phi) is 5.23. The molecule has 1 aliphatic heterocycles. The highest BCUT2D eigenvalue weighted by atomic mass is 35.5. The Morgan fingerprint density at radius 3 is 2.25 bits per heavy atom. The van der Waals surface area contributed by atoms with E-state index >= 15 is 0 Å². The number of hydrogen-bond acceptors (Lipinski definition) is 5. The normalized spacial score (nSPS) is 16.4. The van der Waals surface area contributed by atoms with Gasteiger partial charge in [-0.25, -0.2) is 8.42 Å². The SMILES string of the molecule is CC1CCN(S(=O)(=O)c2ccc(-c3noc(-c4ccc(Cl)cc4)n3)cc2)CC1. The number of benzene rings is 2. The second-order valence-electron chi connectivity index (χ2n) is 7.04. The predicted octanol–water partition coefficient (Wildman–Crippen LogP) is 4.48. The van der Waals surface area contributed by atoms with Gasteiger partial charge >= 0.3 is 0 Å². The van der Waals surface area contributed by atoms with Gasteiger partial charge in [0.1, 0.15) is 0 Å². The largest absolute Gasteiger partial charge is 0.334 e. The Hall–Kier alpha value is -2.22. The Bertz CT molecular complexity index is 1050. The molecule has 1 aliphatic rings. The average Bonchev–Trinajstić information content (AvgIpc) is 3.19. The van der Waals surface area contributed by atoms with Crippen molar-refractivity contribution in [1.82, 2.24) is 14.4 Å². The third-order valence-electron chi connectivity index (χ3n) is 5.01. The summed E-state index contributed by atoms with van der Waals surface area (Å²) in [5.74, 6) is 1.35. The van der Waals surface area contributed by atoms with Crippen molar-refractivity contribution in [3.8, 4) is 22.8 Å². The summed E-state index contributed by atoms with van der Waals surface area (Å²) in [4.78, 5) is 4.67. The molecule has 8 heteroatoms. The summed E-state index contributed by atoms with van der Waals surface area (Å²) >= 11 is 5.90. The van der Waals surface area contributed by atoms with Crippen LogP contribution in [0.15, 0.2) is 57.9 Å². The van der Waals surface area contributed by atoms with E-state index in [0.717, 1.165) is 18.4 Å². The zero-order chi connectivity index (χ0) is 19.7. The highest BCUT2D eigenvalue weighted by molar-refractivity contribution is 7.89. The van der Waals surface area contributed by atoms with Crippen molar-refractivity contribution < 1.29 is 12.9 Å². The fourth-order valence-corrected chi connectivity index (χ4v) is 4.80. The van der Waals surface area contributed by atoms with Gasteiger partial charge < -0.3 is 4.52 Å². The summed E-state index contributed by atoms with van der Waals surface area (Å²) in [6.07, 6.45) is 1.79. The van der Waals surface area contributed by atoms with Crippen molar-refractivity contribution in [2.45, 2.75) is 24.7 Å². The number of hydrogen-bond donors (Lipinski definition) is 0. The molecule has 0 saturated carbocycles. The molecule has 0 spiro atoms. The molecule has 1 saturated heterocycles. The van der Waals surface area contributed by atoms with E-state index in [-0.39, 0.29) is 4.90 Å². The fraction of sp³-hybridized carbons (Fsp3) is 0.300. The molecule has 0 unspecified atom stereocenters. The van der Waals surface area contributed by atoms with Crippen molar-refractivity contribution in [2.24, 2.45) is 5.92 Å². The Balaban J connectivity index is 1.54. The van der Waals surface area contributed by atoms with E-state index < -0.39 is 10.0 Å². The van der Waals surface area contributed by atoms with Crippen LogP contribution in [0.4, 0.5) is 0 Å². The van der Waals surface area contributed by atoms with Gasteiger partial charge in [0.25, 0.3) is 5.89 Å². The minimum atomic E-state index is -3.47. The summed E-state index contributed by atoms with van der Waals surface area (Å²) in [5, 5.41) is 4.62. The van der Waals surface area contributed by atoms with Crippen LogP contribution in [0, 0.1) is 5.92 Å². The summed E-state index contributed by atoms with van der Waals surface area (Å²) < 4.78 is 32.5. The molecule has 0 N–H and O–H groups in total. The van der Waals surface area contributed by atoms with E-state index in [1.54, 1.807) is 52.8 Å². The zero-order valence-electron chi connectivity index (χ0n) is 15.4. The van der Waals surface area contributed by atoms with Crippen LogP contribution >= 0.6 is 11.6 Å². The molecule has 6 nitrogen and oxygen atoms in total. The number of nitrogens with zero attached hydrogens (tertiary/aromatic N) is 3. The van der Waals surface area contributed by atoms with Gasteiger partial charge in [-0.15, -0.1) is 0 Å². The molecule has 28 heavy (non-hydrogen) atoms. The molecule has 0 atom stereocenters. The lowest BCUT2D eigenvalue weighted by atomic mass is 10.0. The lowest BCUT2D eigenvalue weighted by Crippen LogP contribution is -2.37. The lowest BCUT2D eigenvalue weighted by Gasteiger charge is -2.29. The molecule has 146 valence electrons. The summed E-state index contributed by atoms with van der Waals surface area (Å²) in [6, 6.07) is 13.7. The summed E-state index contributed by atoms with van der Waals surface area (Å²) in [5.41, 5.74) is 1.46. The number of aromatic nitrogens is 2. The number of halogens is 1. The third-order valence-corrected chi connectivity index (χ3v) is 7.17. The molecule has 2 heterocycles. The van der Waals surface area contributed by atoms with Crippen LogP contribution in [-0.4, -0.2) is 36.0 Å². The minimum Gasteiger partial charge on any atom is -0.334 e. The molecule has 0 bridgehead atoms. The van der Waals surface area contributed by atoms with Crippen LogP contribution in [0.3, 0.4) is 0 Å². The van der Waals surface area contributed by atoms with Crippen molar-refractivity contribution in [2.75, 3.05) is 13.1 Å². The van der Waals surface area contributed by atoms with E-state index in [2.05, 4.69) is 17.1 Å². The Morgan fingerprint density at radius 1 is 1.00 bits per heavy atom. The summed E-state index contributed by atoms with van der Waals surface area (Å²) in [7, 11) is -3.47. The van der Waals surface area contributed by atoms with Crippen LogP contribution in [0.5, 0.6) is 0 Å². The maximum absolute atomic E-state index is 12.8. The highest BCUT2D eigenvalue weighted by Gasteiger charge is 2.28. The minimum absolute atomic E-state index is 0.284. The average molecular weight is 418 g/mol. The first-order valence-corrected chi connectivity index (χ1v) is 11.0. The predicted molar refractivity (Wildman–Crippen MR) is 107 cm³/mol. The Labute approximate surface area is 169 Å². The molecule has 1 aromatic heterocycles. The molecule has 2 aromatic carbocycles. The highest BCUT2D eigenvalue weighted by Crippen LogP contribution is 2.27. The van der Waals surface area contributed by atoms with Gasteiger partial charge in [0.05, 0.1) is 4.90 Å². The molecule has 0 aliphatic carbocycles. The lowest BCUT2D eigenvalue weighted by molar-refractivity contribution is 0.288. The first-order valence-electron chi connectivity index (χ1n) is 9.14. The maximum Gasteiger partial charge on any atom is 0.258 e. The van der Waals surface area contributed by atoms with E-state index in [1.165, 1.54) is 0 Å². The standard InChI is InChI=1S/C20H20ClN3O3S/c1-14-10-12-24(13-11-14)28(25,26)18-8-4-15(5-9-18)19-22-20(27-23-19)16-2-6-17(21)7-3-16/h2-9,14H,10-13H2,1H3. The second-order valence-corrected chi connectivity index (χ2v) is 9.42. The third kappa shape index (κ3) is 3.83. The van der Waals surface area contributed by atoms with Crippen molar-refractivity contribution in [3.05, 3.63) is 53.6 Å². The van der Waals surface area contributed by atoms with Crippen LogP contribution in [0.2, 0.25) is 5.02 Å². The fourth-order valence-electron chi connectivity index (χ4n) is 3.20. The summed E-state index contributed by atoms with van der Waals surface area (Å²) in [6.45, 7) is 3.29. The quantitative estimate of drug-likeness (QED) is 0.625. The van der Waals surface area contributed by atoms with Crippen LogP contribution in [0.1, 0.15) is 19.8 Å². The molecule has 4 rings (SSSR count). The molecular formula is C20H20ClN3O3S. The van der Waals surface area contributed by atoms with Crippen LogP contribution in [0.25, 0.3) is 22.8 Å². The monoisotopic (exact) mass is 417 g/mol. The smallest absolute Gasteiger partial charge is 0.258 e. The Morgan fingerprint density at radius 2 is 1.61 bits per heavy atom. The van der Waals surface area contributed by atoms with E-state index in [0.29, 0.717) is 41.3 Å². The van der Waals surface area contributed by atoms with Gasteiger partial charge in [-0.1, -0.05) is 23.7 Å². The number of piperidine rings is 1. The molecule has 1 fully saturated rings. The maximum atomic E-state index is 12.8. The van der Waals surface area contributed by atoms with Gasteiger partial charge in [-0.3, -0.25) is 0 Å². The van der Waals surface area contributed by atoms with Gasteiger partial charge in [-0.05, 0) is 67.3 Å². The van der Waals surface area contributed by atoms with Gasteiger partial charge in [0, 0.05) is 29.2 Å². The second kappa shape index (κ2) is 7.66. The number of sulfonamides is 1. The van der Waals surface area contributed by atoms with Crippen molar-refractivity contribution in [3.63, 3.8) is 0 Å². The first-order chi connectivity index (χ1) is 13.4. The molecule has 0 amide bonds. The van der Waals surface area contributed by atoms with E-state index in [9.17, 15) is 8.42 Å². The van der Waals surface area contributed by atoms with Gasteiger partial charge in [-0.2, -0.15) is 9.29 Å². The van der Waals surface area contributed by atoms with Crippen LogP contribution < -0.4 is 0 Å². The molecular weight excluding hydrogens is 398 g/mol. The first kappa shape index (κ1) is 19.1. The van der Waals surface area contributed by atoms with Crippen LogP contribution in [-0.2, 0) is 10.0 Å². The van der Waals surface area contributed by atoms with Gasteiger partial charge in [0.2, 0.25) is 15.8 Å². The van der Waals surface area contributed by atoms with Crippen molar-refractivity contribution >= 4 is 21.6 Å². The topological polar surface area (TPSA) is 76.3 Å². The zero-order valence-corrected chi connectivity index (χ0v) is 16.9. The van der Waals surface area contributed by atoms with Gasteiger partial charge in [0.15, 0.2) is 0 Å². The number of rotatable bonds is 4. The van der Waals surface area contributed by atoms with E-state index in [4.69, 9.17) is 16.1 Å². The van der Waals surface area contributed by atoms with E-state index in [1.807, 2.05) is 0 Å². The van der Waals surface area contributed by atoms with Crippen molar-refractivity contribution in [1.29, 1.82) is 0 Å². The molecule has 3 aromatic rings. The molecule has 0 radical (unpaired) electrons.